The first kappa shape index (κ1) is 23.5. The fraction of sp³-hybridized carbons (Fsp3) is 0.414. The summed E-state index contributed by atoms with van der Waals surface area (Å²) in [7, 11) is 0. The molecule has 182 valence electrons. The highest BCUT2D eigenvalue weighted by Crippen LogP contribution is 2.30. The average molecular weight is 470 g/mol. The molecule has 2 aliphatic rings. The number of anilines is 1. The lowest BCUT2D eigenvalue weighted by molar-refractivity contribution is 0.102. The molecule has 6 heteroatoms. The molecule has 6 nitrogen and oxygen atoms in total. The molecule has 1 unspecified atom stereocenters. The van der Waals surface area contributed by atoms with Crippen LogP contribution in [0.5, 0.6) is 0 Å². The summed E-state index contributed by atoms with van der Waals surface area (Å²) in [4.78, 5) is 20.1. The molecule has 3 aromatic rings. The first-order valence-electron chi connectivity index (χ1n) is 12.9. The summed E-state index contributed by atoms with van der Waals surface area (Å²) in [6, 6.07) is 12.9. The number of allylic oxidation sites excluding steroid dienone is 1. The van der Waals surface area contributed by atoms with Gasteiger partial charge in [-0.2, -0.15) is 5.10 Å². The van der Waals surface area contributed by atoms with Crippen LogP contribution in [0.25, 0.3) is 11.3 Å². The molecule has 1 N–H and O–H groups in total. The van der Waals surface area contributed by atoms with Gasteiger partial charge in [0.2, 0.25) is 0 Å². The molecule has 1 atom stereocenters. The van der Waals surface area contributed by atoms with Gasteiger partial charge in [0.1, 0.15) is 0 Å². The summed E-state index contributed by atoms with van der Waals surface area (Å²) in [5, 5.41) is 7.31. The maximum Gasteiger partial charge on any atom is 0.258 e. The summed E-state index contributed by atoms with van der Waals surface area (Å²) in [5.74, 6) is 0.291. The molecule has 0 bridgehead atoms. The number of likely N-dealkylation sites (tertiary alicyclic amines) is 1. The van der Waals surface area contributed by atoms with Gasteiger partial charge in [-0.1, -0.05) is 38.5 Å². The van der Waals surface area contributed by atoms with Gasteiger partial charge in [0.05, 0.1) is 35.0 Å². The number of carbonyl (C=O) groups excluding carboxylic acids is 1. The van der Waals surface area contributed by atoms with Gasteiger partial charge < -0.3 is 10.2 Å². The Hall–Kier alpha value is -3.25. The van der Waals surface area contributed by atoms with E-state index < -0.39 is 0 Å². The van der Waals surface area contributed by atoms with Gasteiger partial charge in [-0.05, 0) is 86.5 Å². The summed E-state index contributed by atoms with van der Waals surface area (Å²) in [5.41, 5.74) is 5.75. The van der Waals surface area contributed by atoms with E-state index in [0.29, 0.717) is 23.2 Å². The monoisotopic (exact) mass is 469 g/mol. The second kappa shape index (κ2) is 10.6. The lowest BCUT2D eigenvalue weighted by atomic mass is 9.91. The van der Waals surface area contributed by atoms with Crippen LogP contribution in [0, 0.1) is 0 Å². The second-order valence-electron chi connectivity index (χ2n) is 10.1. The third-order valence-electron chi connectivity index (χ3n) is 7.31. The smallest absolute Gasteiger partial charge is 0.258 e. The van der Waals surface area contributed by atoms with E-state index in [1.54, 1.807) is 23.3 Å². The van der Waals surface area contributed by atoms with Gasteiger partial charge in [-0.15, -0.1) is 0 Å². The van der Waals surface area contributed by atoms with Crippen LogP contribution < -0.4 is 5.32 Å². The number of rotatable bonds is 6. The van der Waals surface area contributed by atoms with E-state index in [0.717, 1.165) is 24.2 Å². The zero-order valence-electron chi connectivity index (χ0n) is 20.8. The van der Waals surface area contributed by atoms with Crippen LogP contribution in [-0.2, 0) is 0 Å². The Morgan fingerprint density at radius 1 is 1.03 bits per heavy atom. The fourth-order valence-electron chi connectivity index (χ4n) is 5.12. The zero-order chi connectivity index (χ0) is 24.2. The van der Waals surface area contributed by atoms with Gasteiger partial charge in [0.25, 0.3) is 5.91 Å². The molecule has 1 aliphatic heterocycles. The highest BCUT2D eigenvalue weighted by molar-refractivity contribution is 6.03. The largest absolute Gasteiger partial charge is 0.320 e. The molecular weight excluding hydrogens is 434 g/mol. The van der Waals surface area contributed by atoms with Crippen LogP contribution in [0.3, 0.4) is 0 Å². The van der Waals surface area contributed by atoms with Crippen LogP contribution in [0.2, 0.25) is 0 Å². The molecular formula is C29H35N5O. The second-order valence-corrected chi connectivity index (χ2v) is 10.1. The quantitative estimate of drug-likeness (QED) is 0.476. The van der Waals surface area contributed by atoms with Crippen molar-refractivity contribution >= 4 is 17.2 Å². The molecule has 0 spiro atoms. The number of hydrogen-bond donors (Lipinski definition) is 1. The Morgan fingerprint density at radius 2 is 1.83 bits per heavy atom. The van der Waals surface area contributed by atoms with Gasteiger partial charge in [0.15, 0.2) is 0 Å². The van der Waals surface area contributed by atoms with Crippen LogP contribution in [-0.4, -0.2) is 44.7 Å². The van der Waals surface area contributed by atoms with Crippen molar-refractivity contribution in [3.63, 3.8) is 0 Å². The number of benzene rings is 1. The van der Waals surface area contributed by atoms with Crippen molar-refractivity contribution in [1.82, 2.24) is 19.7 Å². The Labute approximate surface area is 208 Å². The van der Waals surface area contributed by atoms with Gasteiger partial charge in [0, 0.05) is 12.2 Å². The highest BCUT2D eigenvalue weighted by Gasteiger charge is 2.23. The Balaban J connectivity index is 1.18. The minimum Gasteiger partial charge on any atom is -0.320 e. The Kier molecular flexibility index (Phi) is 7.09. The maximum atomic E-state index is 12.8. The first-order valence-corrected chi connectivity index (χ1v) is 12.9. The molecule has 5 rings (SSSR count). The number of piperidine rings is 1. The van der Waals surface area contributed by atoms with Crippen molar-refractivity contribution in [2.24, 2.45) is 0 Å². The maximum absolute atomic E-state index is 12.8. The summed E-state index contributed by atoms with van der Waals surface area (Å²) < 4.78 is 1.73. The SMILES string of the molecule is CC(C)c1ccc(-n2cc(C(=O)Nc3ccc(C4=CCC(N5CCCCC5)CC4)nc3)cn2)cc1. The van der Waals surface area contributed by atoms with E-state index in [9.17, 15) is 4.79 Å². The van der Waals surface area contributed by atoms with Crippen LogP contribution >= 0.6 is 0 Å². The van der Waals surface area contributed by atoms with E-state index in [4.69, 9.17) is 0 Å². The molecule has 1 aromatic carbocycles. The predicted molar refractivity (Wildman–Crippen MR) is 141 cm³/mol. The van der Waals surface area contributed by atoms with Crippen molar-refractivity contribution in [2.75, 3.05) is 18.4 Å². The molecule has 0 saturated carbocycles. The van der Waals surface area contributed by atoms with E-state index in [1.165, 1.54) is 49.9 Å². The number of amides is 1. The molecule has 3 heterocycles. The molecule has 1 aliphatic carbocycles. The van der Waals surface area contributed by atoms with Crippen LogP contribution in [0.4, 0.5) is 5.69 Å². The van der Waals surface area contributed by atoms with E-state index in [1.807, 2.05) is 24.3 Å². The standard InChI is InChI=1S/C29H35N5O/c1-21(2)22-6-13-27(14-7-22)34-20-24(18-31-34)29(35)32-25-10-15-28(30-19-25)23-8-11-26(12-9-23)33-16-4-3-5-17-33/h6-8,10,13-15,18-21,26H,3-5,9,11-12,16-17H2,1-2H3,(H,32,35). The summed E-state index contributed by atoms with van der Waals surface area (Å²) in [6.45, 7) is 6.85. The van der Waals surface area contributed by atoms with Crippen LogP contribution in [0.15, 0.2) is 61.1 Å². The summed E-state index contributed by atoms with van der Waals surface area (Å²) in [6.07, 6.45) is 14.9. The molecule has 1 fully saturated rings. The zero-order valence-corrected chi connectivity index (χ0v) is 20.8. The van der Waals surface area contributed by atoms with Crippen molar-refractivity contribution in [1.29, 1.82) is 0 Å². The number of aromatic nitrogens is 3. The van der Waals surface area contributed by atoms with Gasteiger partial charge in [-0.3, -0.25) is 9.78 Å². The lowest BCUT2D eigenvalue weighted by Gasteiger charge is -2.36. The number of nitrogens with zero attached hydrogens (tertiary/aromatic N) is 4. The summed E-state index contributed by atoms with van der Waals surface area (Å²) >= 11 is 0. The molecule has 1 amide bonds. The van der Waals surface area contributed by atoms with Crippen molar-refractivity contribution in [3.8, 4) is 5.69 Å². The molecule has 0 radical (unpaired) electrons. The number of pyridine rings is 1. The Morgan fingerprint density at radius 3 is 2.49 bits per heavy atom. The van der Waals surface area contributed by atoms with Crippen molar-refractivity contribution in [3.05, 3.63) is 77.9 Å². The van der Waals surface area contributed by atoms with E-state index >= 15 is 0 Å². The van der Waals surface area contributed by atoms with Gasteiger partial charge >= 0.3 is 0 Å². The highest BCUT2D eigenvalue weighted by atomic mass is 16.1. The third kappa shape index (κ3) is 5.54. The average Bonchev–Trinajstić information content (AvgIpc) is 3.41. The molecule has 1 saturated heterocycles. The minimum atomic E-state index is -0.189. The first-order chi connectivity index (χ1) is 17.1. The predicted octanol–water partition coefficient (Wildman–Crippen LogP) is 6.06. The number of hydrogen-bond acceptors (Lipinski definition) is 4. The molecule has 2 aromatic heterocycles. The van der Waals surface area contributed by atoms with E-state index in [-0.39, 0.29) is 5.91 Å². The Bertz CT molecular complexity index is 1170. The number of carbonyl (C=O) groups is 1. The molecule has 35 heavy (non-hydrogen) atoms. The van der Waals surface area contributed by atoms with E-state index in [2.05, 4.69) is 52.4 Å². The van der Waals surface area contributed by atoms with Crippen molar-refractivity contribution in [2.45, 2.75) is 64.3 Å². The topological polar surface area (TPSA) is 63.1 Å². The fourth-order valence-corrected chi connectivity index (χ4v) is 5.12. The minimum absolute atomic E-state index is 0.189. The third-order valence-corrected chi connectivity index (χ3v) is 7.31. The normalized spacial score (nSPS) is 18.9. The number of nitrogens with one attached hydrogen (secondary N) is 1. The lowest BCUT2D eigenvalue weighted by Crippen LogP contribution is -2.39. The van der Waals surface area contributed by atoms with Crippen molar-refractivity contribution < 1.29 is 4.79 Å². The van der Waals surface area contributed by atoms with Crippen LogP contribution in [0.1, 0.15) is 79.9 Å². The van der Waals surface area contributed by atoms with Gasteiger partial charge in [-0.25, -0.2) is 4.68 Å².